The highest BCUT2D eigenvalue weighted by atomic mass is 35.5. The zero-order valence-corrected chi connectivity index (χ0v) is 21.7. The number of hydrogen-bond acceptors (Lipinski definition) is 7. The predicted molar refractivity (Wildman–Crippen MR) is 140 cm³/mol. The zero-order chi connectivity index (χ0) is 26.8. The number of hydrogen-bond donors (Lipinski definition) is 3. The monoisotopic (exact) mass is 581 g/mol. The molecule has 0 saturated carbocycles. The first-order chi connectivity index (χ1) is 17.4. The molecule has 0 spiro atoms. The van der Waals surface area contributed by atoms with E-state index in [0.717, 1.165) is 5.39 Å². The van der Waals surface area contributed by atoms with Gasteiger partial charge in [0.25, 0.3) is 20.0 Å². The normalized spacial score (nSPS) is 11.6. The molecule has 10 nitrogen and oxygen atoms in total. The van der Waals surface area contributed by atoms with Gasteiger partial charge < -0.3 is 14.2 Å². The molecule has 3 aromatic carbocycles. The standard InChI is InChI=1S/C15H10Cl2N2O4S.C8H7NO3S/c16-11-6-5-10(8-12(11)17)18-15(20)19-24(21,22)14-7-9-3-1-2-4-13(9)23-14;9-13(10,11)8-5-6-3-1-2-4-7(6)12-8/h1-8H,(H2,18,19,20);1-5H,(H2,9,10,11). The van der Waals surface area contributed by atoms with E-state index in [1.54, 1.807) is 48.5 Å². The van der Waals surface area contributed by atoms with Gasteiger partial charge in [-0.3, -0.25) is 0 Å². The average Bonchev–Trinajstić information content (AvgIpc) is 3.46. The van der Waals surface area contributed by atoms with Crippen molar-refractivity contribution in [3.05, 3.63) is 88.9 Å². The van der Waals surface area contributed by atoms with E-state index in [0.29, 0.717) is 27.3 Å². The van der Waals surface area contributed by atoms with E-state index in [1.165, 1.54) is 30.3 Å². The van der Waals surface area contributed by atoms with Crippen molar-refractivity contribution in [2.75, 3.05) is 5.32 Å². The summed E-state index contributed by atoms with van der Waals surface area (Å²) >= 11 is 11.6. The number of carbonyl (C=O) groups is 1. The van der Waals surface area contributed by atoms with E-state index in [2.05, 4.69) is 5.32 Å². The molecular formula is C23H17Cl2N3O7S2. The van der Waals surface area contributed by atoms with Crippen molar-refractivity contribution in [3.8, 4) is 0 Å². The van der Waals surface area contributed by atoms with Crippen LogP contribution in [-0.4, -0.2) is 22.9 Å². The number of amides is 2. The number of nitrogens with one attached hydrogen (secondary N) is 2. The molecule has 2 heterocycles. The van der Waals surface area contributed by atoms with Crippen LogP contribution in [0.15, 0.2) is 97.9 Å². The van der Waals surface area contributed by atoms with Gasteiger partial charge in [-0.05, 0) is 30.3 Å². The third-order valence-electron chi connectivity index (χ3n) is 4.76. The van der Waals surface area contributed by atoms with E-state index >= 15 is 0 Å². The minimum atomic E-state index is -4.15. The molecule has 0 aliphatic rings. The zero-order valence-electron chi connectivity index (χ0n) is 18.5. The maximum atomic E-state index is 12.2. The number of urea groups is 1. The number of halogens is 2. The summed E-state index contributed by atoms with van der Waals surface area (Å²) in [7, 11) is -7.88. The SMILES string of the molecule is NS(=O)(=O)c1cc2ccccc2o1.O=C(Nc1ccc(Cl)c(Cl)c1)NS(=O)(=O)c1cc2ccccc2o1. The second kappa shape index (κ2) is 10.4. The van der Waals surface area contributed by atoms with Crippen LogP contribution in [0.1, 0.15) is 0 Å². The first-order valence-corrected chi connectivity index (χ1v) is 14.0. The largest absolute Gasteiger partial charge is 0.443 e. The smallest absolute Gasteiger partial charge is 0.333 e. The first kappa shape index (κ1) is 26.5. The van der Waals surface area contributed by atoms with E-state index in [4.69, 9.17) is 37.2 Å². The lowest BCUT2D eigenvalue weighted by Crippen LogP contribution is -2.34. The Morgan fingerprint density at radius 3 is 1.81 bits per heavy atom. The molecule has 0 bridgehead atoms. The molecular weight excluding hydrogens is 565 g/mol. The van der Waals surface area contributed by atoms with Crippen molar-refractivity contribution in [3.63, 3.8) is 0 Å². The molecule has 2 amide bonds. The van der Waals surface area contributed by atoms with Crippen LogP contribution in [-0.2, 0) is 20.0 Å². The summed E-state index contributed by atoms with van der Waals surface area (Å²) < 4.78 is 58.3. The van der Waals surface area contributed by atoms with Crippen molar-refractivity contribution in [2.24, 2.45) is 5.14 Å². The molecule has 0 atom stereocenters. The lowest BCUT2D eigenvalue weighted by atomic mass is 10.3. The molecule has 2 aromatic heterocycles. The van der Waals surface area contributed by atoms with Crippen molar-refractivity contribution < 1.29 is 30.5 Å². The maximum absolute atomic E-state index is 12.2. The van der Waals surface area contributed by atoms with Gasteiger partial charge in [-0.2, -0.15) is 8.42 Å². The van der Waals surface area contributed by atoms with Crippen LogP contribution in [0, 0.1) is 0 Å². The fourth-order valence-corrected chi connectivity index (χ4v) is 4.76. The summed E-state index contributed by atoms with van der Waals surface area (Å²) in [6.07, 6.45) is 0. The molecule has 0 aliphatic heterocycles. The number of benzene rings is 3. The van der Waals surface area contributed by atoms with Crippen LogP contribution in [0.3, 0.4) is 0 Å². The van der Waals surface area contributed by atoms with Crippen LogP contribution in [0.4, 0.5) is 10.5 Å². The average molecular weight is 582 g/mol. The molecule has 14 heteroatoms. The molecule has 0 aliphatic carbocycles. The number of para-hydroxylation sites is 2. The number of nitrogens with two attached hydrogens (primary N) is 1. The number of fused-ring (bicyclic) bond motifs is 2. The van der Waals surface area contributed by atoms with Gasteiger partial charge in [0.2, 0.25) is 10.2 Å². The second-order valence-corrected chi connectivity index (χ2v) is 11.4. The Kier molecular flexibility index (Phi) is 7.48. The van der Waals surface area contributed by atoms with Crippen molar-refractivity contribution >= 4 is 76.9 Å². The van der Waals surface area contributed by atoms with Gasteiger partial charge in [-0.1, -0.05) is 59.6 Å². The lowest BCUT2D eigenvalue weighted by Gasteiger charge is -2.07. The molecule has 37 heavy (non-hydrogen) atoms. The number of primary sulfonamides is 1. The molecule has 192 valence electrons. The first-order valence-electron chi connectivity index (χ1n) is 10.2. The van der Waals surface area contributed by atoms with Crippen LogP contribution >= 0.6 is 23.2 Å². The fourth-order valence-electron chi connectivity index (χ4n) is 3.09. The Labute approximate surface area is 221 Å². The molecule has 5 aromatic rings. The number of furan rings is 2. The number of rotatable bonds is 4. The van der Waals surface area contributed by atoms with Crippen LogP contribution < -0.4 is 15.2 Å². The number of anilines is 1. The van der Waals surface area contributed by atoms with E-state index < -0.39 is 26.1 Å². The van der Waals surface area contributed by atoms with Gasteiger partial charge in [0.1, 0.15) is 11.2 Å². The summed E-state index contributed by atoms with van der Waals surface area (Å²) in [5, 5.41) is 8.59. The van der Waals surface area contributed by atoms with Gasteiger partial charge in [0, 0.05) is 28.6 Å². The molecule has 0 saturated heterocycles. The Hall–Kier alpha value is -3.55. The van der Waals surface area contributed by atoms with Crippen molar-refractivity contribution in [1.29, 1.82) is 0 Å². The molecule has 0 fully saturated rings. The molecule has 5 rings (SSSR count). The molecule has 0 radical (unpaired) electrons. The summed E-state index contributed by atoms with van der Waals surface area (Å²) in [5.74, 6) is 0. The highest BCUT2D eigenvalue weighted by Crippen LogP contribution is 2.26. The van der Waals surface area contributed by atoms with Crippen molar-refractivity contribution in [1.82, 2.24) is 4.72 Å². The molecule has 0 unspecified atom stereocenters. The minimum absolute atomic E-state index is 0.200. The van der Waals surface area contributed by atoms with Gasteiger partial charge in [0.05, 0.1) is 10.0 Å². The second-order valence-electron chi connectivity index (χ2n) is 7.44. The Morgan fingerprint density at radius 2 is 1.27 bits per heavy atom. The van der Waals surface area contributed by atoms with Gasteiger partial charge in [-0.15, -0.1) is 0 Å². The van der Waals surface area contributed by atoms with E-state index in [9.17, 15) is 21.6 Å². The third-order valence-corrected chi connectivity index (χ3v) is 7.44. The summed E-state index contributed by atoms with van der Waals surface area (Å²) in [6.45, 7) is 0. The van der Waals surface area contributed by atoms with Crippen LogP contribution in [0.2, 0.25) is 10.0 Å². The quantitative estimate of drug-likeness (QED) is 0.258. The summed E-state index contributed by atoms with van der Waals surface area (Å²) in [6, 6.07) is 20.0. The Balaban J connectivity index is 0.000000207. The lowest BCUT2D eigenvalue weighted by molar-refractivity contribution is 0.256. The number of sulfonamides is 2. The highest BCUT2D eigenvalue weighted by molar-refractivity contribution is 7.90. The van der Waals surface area contributed by atoms with Gasteiger partial charge in [-0.25, -0.2) is 23.1 Å². The topological polar surface area (TPSA) is 162 Å². The van der Waals surface area contributed by atoms with Gasteiger partial charge in [0.15, 0.2) is 0 Å². The van der Waals surface area contributed by atoms with E-state index in [-0.39, 0.29) is 15.2 Å². The summed E-state index contributed by atoms with van der Waals surface area (Å²) in [4.78, 5) is 11.9. The fraction of sp³-hybridized carbons (Fsp3) is 0. The highest BCUT2D eigenvalue weighted by Gasteiger charge is 2.22. The Bertz CT molecular complexity index is 1770. The van der Waals surface area contributed by atoms with Crippen molar-refractivity contribution in [2.45, 2.75) is 10.2 Å². The predicted octanol–water partition coefficient (Wildman–Crippen LogP) is 5.33. The number of carbonyl (C=O) groups excluding carboxylic acids is 1. The van der Waals surface area contributed by atoms with Crippen LogP contribution in [0.25, 0.3) is 21.9 Å². The minimum Gasteiger partial charge on any atom is -0.443 e. The summed E-state index contributed by atoms with van der Waals surface area (Å²) in [5.41, 5.74) is 1.22. The maximum Gasteiger partial charge on any atom is 0.333 e. The third kappa shape index (κ3) is 6.42. The Morgan fingerprint density at radius 1 is 0.730 bits per heavy atom. The van der Waals surface area contributed by atoms with E-state index in [1.807, 2.05) is 4.72 Å². The van der Waals surface area contributed by atoms with Crippen LogP contribution in [0.5, 0.6) is 0 Å². The van der Waals surface area contributed by atoms with Gasteiger partial charge >= 0.3 is 6.03 Å². The molecule has 4 N–H and O–H groups in total.